The molecule has 4 nitrogen and oxygen atoms in total. The van der Waals surface area contributed by atoms with Crippen LogP contribution in [-0.2, 0) is 0 Å². The summed E-state index contributed by atoms with van der Waals surface area (Å²) in [5.41, 5.74) is 7.10. The minimum absolute atomic E-state index is 0.689. The first-order valence-electron chi connectivity index (χ1n) is 10.6. The second-order valence-corrected chi connectivity index (χ2v) is 8.75. The molecule has 2 saturated carbocycles. The third kappa shape index (κ3) is 4.94. The largest absolute Gasteiger partial charge is 0.318 e. The van der Waals surface area contributed by atoms with Crippen molar-refractivity contribution in [1.82, 2.24) is 21.1 Å². The van der Waals surface area contributed by atoms with Gasteiger partial charge in [0.2, 0.25) is 0 Å². The third-order valence-corrected chi connectivity index (χ3v) is 7.07. The topological polar surface area (TPSA) is 39.3 Å². The van der Waals surface area contributed by atoms with Gasteiger partial charge in [0.05, 0.1) is 0 Å². The standard InChI is InChI=1S/C20H40N4/c1-21-12-13-24(2)15-19-14-22-23-20(19)18-10-8-17(9-11-18)16-6-4-3-5-7-16/h16-23H,3-15H2,1-2H3. The molecule has 2 aliphatic carbocycles. The average Bonchev–Trinajstić information content (AvgIpc) is 3.09. The Balaban J connectivity index is 1.44. The molecular weight excluding hydrogens is 296 g/mol. The van der Waals surface area contributed by atoms with E-state index < -0.39 is 0 Å². The lowest BCUT2D eigenvalue weighted by molar-refractivity contribution is 0.135. The molecule has 140 valence electrons. The van der Waals surface area contributed by atoms with Crippen molar-refractivity contribution in [1.29, 1.82) is 0 Å². The van der Waals surface area contributed by atoms with Gasteiger partial charge in [0.1, 0.15) is 0 Å². The summed E-state index contributed by atoms with van der Waals surface area (Å²) in [5, 5.41) is 3.26. The van der Waals surface area contributed by atoms with Crippen molar-refractivity contribution in [2.24, 2.45) is 23.7 Å². The molecule has 1 saturated heterocycles. The van der Waals surface area contributed by atoms with E-state index in [1.54, 1.807) is 0 Å². The van der Waals surface area contributed by atoms with Crippen LogP contribution in [0.3, 0.4) is 0 Å². The molecule has 0 aromatic heterocycles. The van der Waals surface area contributed by atoms with E-state index in [0.29, 0.717) is 6.04 Å². The lowest BCUT2D eigenvalue weighted by atomic mass is 9.69. The molecule has 1 heterocycles. The van der Waals surface area contributed by atoms with Gasteiger partial charge < -0.3 is 10.2 Å². The van der Waals surface area contributed by atoms with Crippen molar-refractivity contribution in [2.45, 2.75) is 63.8 Å². The Morgan fingerprint density at radius 3 is 2.29 bits per heavy atom. The van der Waals surface area contributed by atoms with Crippen LogP contribution in [0.25, 0.3) is 0 Å². The normalized spacial score (nSPS) is 35.6. The Morgan fingerprint density at radius 2 is 1.58 bits per heavy atom. The Morgan fingerprint density at radius 1 is 0.917 bits per heavy atom. The summed E-state index contributed by atoms with van der Waals surface area (Å²) in [6.45, 7) is 4.58. The first-order chi connectivity index (χ1) is 11.8. The Hall–Kier alpha value is -0.160. The Kier molecular flexibility index (Phi) is 7.38. The molecule has 3 rings (SSSR count). The summed E-state index contributed by atoms with van der Waals surface area (Å²) in [4.78, 5) is 2.50. The zero-order chi connectivity index (χ0) is 16.8. The van der Waals surface area contributed by atoms with Gasteiger partial charge in [-0.2, -0.15) is 0 Å². The molecule has 24 heavy (non-hydrogen) atoms. The van der Waals surface area contributed by atoms with Crippen LogP contribution in [0.15, 0.2) is 0 Å². The van der Waals surface area contributed by atoms with E-state index in [2.05, 4.69) is 28.1 Å². The first-order valence-corrected chi connectivity index (χ1v) is 10.6. The highest BCUT2D eigenvalue weighted by molar-refractivity contribution is 4.92. The maximum atomic E-state index is 3.64. The molecule has 0 radical (unpaired) electrons. The molecule has 2 atom stereocenters. The van der Waals surface area contributed by atoms with Gasteiger partial charge in [-0.15, -0.1) is 0 Å². The zero-order valence-corrected chi connectivity index (χ0v) is 16.0. The van der Waals surface area contributed by atoms with E-state index >= 15 is 0 Å². The predicted molar refractivity (Wildman–Crippen MR) is 102 cm³/mol. The van der Waals surface area contributed by atoms with Crippen molar-refractivity contribution < 1.29 is 0 Å². The van der Waals surface area contributed by atoms with Crippen molar-refractivity contribution in [3.63, 3.8) is 0 Å². The SMILES string of the molecule is CNCCN(C)CC1CNNC1C1CCC(C2CCCCC2)CC1. The fourth-order valence-electron chi connectivity index (χ4n) is 5.61. The molecule has 1 aliphatic heterocycles. The Labute approximate surface area is 149 Å². The van der Waals surface area contributed by atoms with Gasteiger partial charge in [0.25, 0.3) is 0 Å². The number of nitrogens with one attached hydrogen (secondary N) is 3. The highest BCUT2D eigenvalue weighted by Gasteiger charge is 2.37. The van der Waals surface area contributed by atoms with E-state index in [9.17, 15) is 0 Å². The molecule has 3 N–H and O–H groups in total. The summed E-state index contributed by atoms with van der Waals surface area (Å²) in [6, 6.07) is 0.689. The molecule has 0 spiro atoms. The lowest BCUT2D eigenvalue weighted by Gasteiger charge is -2.39. The number of hydrogen-bond donors (Lipinski definition) is 3. The van der Waals surface area contributed by atoms with Crippen LogP contribution in [-0.4, -0.2) is 51.2 Å². The second kappa shape index (κ2) is 9.51. The predicted octanol–water partition coefficient (Wildman–Crippen LogP) is 2.62. The van der Waals surface area contributed by atoms with Crippen molar-refractivity contribution in [3.05, 3.63) is 0 Å². The lowest BCUT2D eigenvalue weighted by Crippen LogP contribution is -2.43. The van der Waals surface area contributed by atoms with Gasteiger partial charge in [-0.05, 0) is 57.5 Å². The third-order valence-electron chi connectivity index (χ3n) is 7.07. The summed E-state index contributed by atoms with van der Waals surface area (Å²) in [6.07, 6.45) is 13.4. The minimum Gasteiger partial charge on any atom is -0.318 e. The minimum atomic E-state index is 0.689. The van der Waals surface area contributed by atoms with E-state index in [4.69, 9.17) is 0 Å². The number of nitrogens with zero attached hydrogens (tertiary/aromatic N) is 1. The van der Waals surface area contributed by atoms with Gasteiger partial charge >= 0.3 is 0 Å². The fraction of sp³-hybridized carbons (Fsp3) is 1.00. The summed E-state index contributed by atoms with van der Waals surface area (Å²) in [5.74, 6) is 3.77. The summed E-state index contributed by atoms with van der Waals surface area (Å²) >= 11 is 0. The van der Waals surface area contributed by atoms with Crippen LogP contribution in [0.2, 0.25) is 0 Å². The van der Waals surface area contributed by atoms with Crippen LogP contribution in [0.1, 0.15) is 57.8 Å². The number of hydrogen-bond acceptors (Lipinski definition) is 4. The molecule has 0 aromatic carbocycles. The summed E-state index contributed by atoms with van der Waals surface area (Å²) < 4.78 is 0. The molecule has 0 aromatic rings. The van der Waals surface area contributed by atoms with Crippen molar-refractivity contribution in [3.8, 4) is 0 Å². The maximum absolute atomic E-state index is 3.64. The monoisotopic (exact) mass is 336 g/mol. The number of rotatable bonds is 7. The van der Waals surface area contributed by atoms with Crippen LogP contribution >= 0.6 is 0 Å². The Bertz CT molecular complexity index is 348. The van der Waals surface area contributed by atoms with Gasteiger partial charge in [-0.25, -0.2) is 0 Å². The van der Waals surface area contributed by atoms with Crippen LogP contribution < -0.4 is 16.2 Å². The molecule has 0 amide bonds. The highest BCUT2D eigenvalue weighted by Crippen LogP contribution is 2.41. The zero-order valence-electron chi connectivity index (χ0n) is 16.0. The molecule has 3 aliphatic rings. The highest BCUT2D eigenvalue weighted by atomic mass is 15.4. The van der Waals surface area contributed by atoms with E-state index in [-0.39, 0.29) is 0 Å². The van der Waals surface area contributed by atoms with E-state index in [1.165, 1.54) is 64.3 Å². The van der Waals surface area contributed by atoms with E-state index in [1.807, 2.05) is 7.05 Å². The van der Waals surface area contributed by atoms with E-state index in [0.717, 1.165) is 43.3 Å². The van der Waals surface area contributed by atoms with Gasteiger partial charge in [0, 0.05) is 38.1 Å². The molecular formula is C20H40N4. The van der Waals surface area contributed by atoms with Gasteiger partial charge in [-0.3, -0.25) is 10.9 Å². The number of hydrazine groups is 1. The molecule has 2 unspecified atom stereocenters. The van der Waals surface area contributed by atoms with Crippen LogP contribution in [0.4, 0.5) is 0 Å². The van der Waals surface area contributed by atoms with Gasteiger partial charge in [0.15, 0.2) is 0 Å². The fourth-order valence-corrected chi connectivity index (χ4v) is 5.61. The number of likely N-dealkylation sites (N-methyl/N-ethyl adjacent to an activating group) is 2. The quantitative estimate of drug-likeness (QED) is 0.668. The first kappa shape index (κ1) is 18.6. The van der Waals surface area contributed by atoms with Gasteiger partial charge in [-0.1, -0.05) is 32.1 Å². The molecule has 0 bridgehead atoms. The van der Waals surface area contributed by atoms with Crippen molar-refractivity contribution in [2.75, 3.05) is 40.3 Å². The maximum Gasteiger partial charge on any atom is 0.0294 e. The van der Waals surface area contributed by atoms with Crippen molar-refractivity contribution >= 4 is 0 Å². The second-order valence-electron chi connectivity index (χ2n) is 8.75. The molecule has 3 fully saturated rings. The van der Waals surface area contributed by atoms with Crippen LogP contribution in [0.5, 0.6) is 0 Å². The summed E-state index contributed by atoms with van der Waals surface area (Å²) in [7, 11) is 4.31. The smallest absolute Gasteiger partial charge is 0.0294 e. The van der Waals surface area contributed by atoms with Crippen LogP contribution in [0, 0.1) is 23.7 Å². The molecule has 4 heteroatoms. The average molecular weight is 337 g/mol.